The molecule has 1 aromatic carbocycles. The van der Waals surface area contributed by atoms with Crippen molar-refractivity contribution in [3.05, 3.63) is 23.3 Å². The average molecular weight is 276 g/mol. The molecule has 0 fully saturated rings. The van der Waals surface area contributed by atoms with Crippen LogP contribution in [-0.2, 0) is 11.2 Å². The number of nitrogen functional groups attached to an aromatic ring is 1. The van der Waals surface area contributed by atoms with Crippen molar-refractivity contribution in [1.29, 1.82) is 0 Å². The predicted octanol–water partition coefficient (Wildman–Crippen LogP) is 2.03. The second-order valence-electron chi connectivity index (χ2n) is 3.87. The molecule has 0 unspecified atom stereocenters. The lowest BCUT2D eigenvalue weighted by atomic mass is 10.0. The third-order valence-electron chi connectivity index (χ3n) is 2.21. The molecule has 0 aliphatic carbocycles. The molecule has 19 heavy (non-hydrogen) atoms. The second kappa shape index (κ2) is 5.17. The molecule has 0 saturated heterocycles. The predicted molar refractivity (Wildman–Crippen MR) is 61.9 cm³/mol. The Morgan fingerprint density at radius 2 is 1.95 bits per heavy atom. The number of carbonyl (C=O) groups is 2. The van der Waals surface area contributed by atoms with Gasteiger partial charge in [-0.15, -0.1) is 0 Å². The first kappa shape index (κ1) is 14.8. The van der Waals surface area contributed by atoms with Crippen molar-refractivity contribution in [2.24, 2.45) is 0 Å². The van der Waals surface area contributed by atoms with Crippen molar-refractivity contribution in [3.8, 4) is 0 Å². The summed E-state index contributed by atoms with van der Waals surface area (Å²) in [5, 5.41) is 11.1. The molecule has 0 bridgehead atoms. The van der Waals surface area contributed by atoms with Gasteiger partial charge in [-0.3, -0.25) is 4.79 Å². The van der Waals surface area contributed by atoms with Crippen LogP contribution in [0.2, 0.25) is 0 Å². The summed E-state index contributed by atoms with van der Waals surface area (Å²) in [6.45, 7) is 1.12. The molecule has 5 nitrogen and oxygen atoms in total. The summed E-state index contributed by atoms with van der Waals surface area (Å²) in [6.07, 6.45) is -5.78. The standard InChI is InChI=1S/C11H11F3N2O3/c1-5(17)16-9-2-6(4-11(12,13)14)8(15)3-7(9)10(18)19/h2-3H,4,15H2,1H3,(H,16,17)(H,18,19). The zero-order valence-electron chi connectivity index (χ0n) is 9.84. The number of nitrogens with one attached hydrogen (secondary N) is 1. The Bertz CT molecular complexity index is 527. The van der Waals surface area contributed by atoms with Crippen molar-refractivity contribution in [3.63, 3.8) is 0 Å². The second-order valence-corrected chi connectivity index (χ2v) is 3.87. The molecule has 8 heteroatoms. The van der Waals surface area contributed by atoms with Crippen LogP contribution in [0.15, 0.2) is 12.1 Å². The number of amides is 1. The summed E-state index contributed by atoms with van der Waals surface area (Å²) >= 11 is 0. The van der Waals surface area contributed by atoms with E-state index in [2.05, 4.69) is 5.32 Å². The topological polar surface area (TPSA) is 92.4 Å². The normalized spacial score (nSPS) is 11.2. The van der Waals surface area contributed by atoms with Gasteiger partial charge in [0.25, 0.3) is 0 Å². The third-order valence-corrected chi connectivity index (χ3v) is 2.21. The molecule has 4 N–H and O–H groups in total. The van der Waals surface area contributed by atoms with Crippen LogP contribution in [0, 0.1) is 0 Å². The van der Waals surface area contributed by atoms with E-state index < -0.39 is 24.5 Å². The summed E-state index contributed by atoms with van der Waals surface area (Å²) in [5.74, 6) is -1.99. The lowest BCUT2D eigenvalue weighted by Gasteiger charge is -2.13. The van der Waals surface area contributed by atoms with E-state index in [1.54, 1.807) is 0 Å². The number of carboxylic acid groups (broad SMARTS) is 1. The number of carbonyl (C=O) groups excluding carboxylic acids is 1. The maximum atomic E-state index is 12.3. The molecule has 1 aromatic rings. The number of hydrogen-bond acceptors (Lipinski definition) is 3. The maximum absolute atomic E-state index is 12.3. The molecule has 0 aromatic heterocycles. The van der Waals surface area contributed by atoms with Gasteiger partial charge in [-0.1, -0.05) is 0 Å². The number of aromatic carboxylic acids is 1. The number of benzene rings is 1. The van der Waals surface area contributed by atoms with E-state index in [-0.39, 0.29) is 22.5 Å². The van der Waals surface area contributed by atoms with Crippen LogP contribution in [0.3, 0.4) is 0 Å². The van der Waals surface area contributed by atoms with Gasteiger partial charge in [-0.05, 0) is 17.7 Å². The quantitative estimate of drug-likeness (QED) is 0.736. The van der Waals surface area contributed by atoms with E-state index in [1.807, 2.05) is 0 Å². The van der Waals surface area contributed by atoms with Gasteiger partial charge in [0.05, 0.1) is 17.7 Å². The Hall–Kier alpha value is -2.25. The molecule has 0 heterocycles. The Balaban J connectivity index is 3.29. The van der Waals surface area contributed by atoms with Crippen LogP contribution in [0.5, 0.6) is 0 Å². The van der Waals surface area contributed by atoms with Crippen LogP contribution >= 0.6 is 0 Å². The molecule has 1 rings (SSSR count). The van der Waals surface area contributed by atoms with Crippen LogP contribution in [0.25, 0.3) is 0 Å². The Morgan fingerprint density at radius 3 is 2.37 bits per heavy atom. The van der Waals surface area contributed by atoms with E-state index in [4.69, 9.17) is 10.8 Å². The Morgan fingerprint density at radius 1 is 1.37 bits per heavy atom. The summed E-state index contributed by atoms with van der Waals surface area (Å²) in [4.78, 5) is 21.8. The number of hydrogen-bond donors (Lipinski definition) is 3. The Labute approximate surface area is 106 Å². The minimum Gasteiger partial charge on any atom is -0.478 e. The van der Waals surface area contributed by atoms with Crippen LogP contribution in [0.4, 0.5) is 24.5 Å². The molecule has 0 aliphatic heterocycles. The average Bonchev–Trinajstić information content (AvgIpc) is 2.19. The molecular formula is C11H11F3N2O3. The zero-order valence-corrected chi connectivity index (χ0v) is 9.84. The molecule has 0 radical (unpaired) electrons. The van der Waals surface area contributed by atoms with Gasteiger partial charge in [-0.25, -0.2) is 4.79 Å². The van der Waals surface area contributed by atoms with Crippen molar-refractivity contribution >= 4 is 23.3 Å². The fourth-order valence-corrected chi connectivity index (χ4v) is 1.50. The first-order chi connectivity index (χ1) is 8.60. The van der Waals surface area contributed by atoms with Gasteiger partial charge in [-0.2, -0.15) is 13.2 Å². The third kappa shape index (κ3) is 4.16. The van der Waals surface area contributed by atoms with Gasteiger partial charge in [0.2, 0.25) is 5.91 Å². The minimum atomic E-state index is -4.48. The molecule has 0 aliphatic rings. The van der Waals surface area contributed by atoms with Gasteiger partial charge in [0, 0.05) is 12.6 Å². The van der Waals surface area contributed by atoms with Crippen molar-refractivity contribution < 1.29 is 27.9 Å². The van der Waals surface area contributed by atoms with Crippen LogP contribution in [-0.4, -0.2) is 23.2 Å². The monoisotopic (exact) mass is 276 g/mol. The lowest BCUT2D eigenvalue weighted by Crippen LogP contribution is -2.16. The SMILES string of the molecule is CC(=O)Nc1cc(CC(F)(F)F)c(N)cc1C(=O)O. The lowest BCUT2D eigenvalue weighted by molar-refractivity contribution is -0.127. The fraction of sp³-hybridized carbons (Fsp3) is 0.273. The van der Waals surface area contributed by atoms with Gasteiger partial charge >= 0.3 is 12.1 Å². The molecular weight excluding hydrogens is 265 g/mol. The van der Waals surface area contributed by atoms with E-state index in [0.717, 1.165) is 19.1 Å². The Kier molecular flexibility index (Phi) is 4.03. The van der Waals surface area contributed by atoms with E-state index >= 15 is 0 Å². The van der Waals surface area contributed by atoms with E-state index in [9.17, 15) is 22.8 Å². The molecule has 0 atom stereocenters. The van der Waals surface area contributed by atoms with Crippen LogP contribution in [0.1, 0.15) is 22.8 Å². The highest BCUT2D eigenvalue weighted by Gasteiger charge is 2.29. The van der Waals surface area contributed by atoms with Gasteiger partial charge in [0.1, 0.15) is 0 Å². The van der Waals surface area contributed by atoms with Crippen molar-refractivity contribution in [2.45, 2.75) is 19.5 Å². The highest BCUT2D eigenvalue weighted by Crippen LogP contribution is 2.29. The highest BCUT2D eigenvalue weighted by molar-refractivity contribution is 6.01. The van der Waals surface area contributed by atoms with E-state index in [1.165, 1.54) is 0 Å². The number of rotatable bonds is 3. The summed E-state index contributed by atoms with van der Waals surface area (Å²) in [5.41, 5.74) is 4.23. The first-order valence-corrected chi connectivity index (χ1v) is 5.10. The number of anilines is 2. The van der Waals surface area contributed by atoms with Gasteiger partial charge in [0.15, 0.2) is 0 Å². The smallest absolute Gasteiger partial charge is 0.393 e. The number of alkyl halides is 3. The van der Waals surface area contributed by atoms with E-state index in [0.29, 0.717) is 0 Å². The minimum absolute atomic E-state index is 0.214. The largest absolute Gasteiger partial charge is 0.478 e. The molecule has 0 spiro atoms. The maximum Gasteiger partial charge on any atom is 0.393 e. The molecule has 0 saturated carbocycles. The number of halogens is 3. The summed E-state index contributed by atoms with van der Waals surface area (Å²) < 4.78 is 36.9. The highest BCUT2D eigenvalue weighted by atomic mass is 19.4. The number of nitrogens with two attached hydrogens (primary N) is 1. The fourth-order valence-electron chi connectivity index (χ4n) is 1.50. The first-order valence-electron chi connectivity index (χ1n) is 5.10. The zero-order chi connectivity index (χ0) is 14.8. The number of carboxylic acids is 1. The molecule has 104 valence electrons. The summed E-state index contributed by atoms with van der Waals surface area (Å²) in [7, 11) is 0. The van der Waals surface area contributed by atoms with Crippen molar-refractivity contribution in [1.82, 2.24) is 0 Å². The van der Waals surface area contributed by atoms with Crippen LogP contribution < -0.4 is 11.1 Å². The van der Waals surface area contributed by atoms with Crippen molar-refractivity contribution in [2.75, 3.05) is 11.1 Å². The molecule has 1 amide bonds. The summed E-state index contributed by atoms with van der Waals surface area (Å²) in [6, 6.07) is 1.82. The van der Waals surface area contributed by atoms with Gasteiger partial charge < -0.3 is 16.2 Å².